The Morgan fingerprint density at radius 3 is 2.80 bits per heavy atom. The third-order valence-electron chi connectivity index (χ3n) is 4.14. The van der Waals surface area contributed by atoms with Crippen molar-refractivity contribution in [1.82, 2.24) is 10.2 Å². The number of benzene rings is 1. The maximum absolute atomic E-state index is 12.7. The summed E-state index contributed by atoms with van der Waals surface area (Å²) >= 11 is 2.27. The van der Waals surface area contributed by atoms with Crippen molar-refractivity contribution in [2.75, 3.05) is 19.6 Å². The van der Waals surface area contributed by atoms with Gasteiger partial charge in [-0.1, -0.05) is 6.07 Å². The van der Waals surface area contributed by atoms with Crippen molar-refractivity contribution >= 4 is 28.5 Å². The second kappa shape index (κ2) is 6.43. The van der Waals surface area contributed by atoms with Crippen LogP contribution in [0.3, 0.4) is 0 Å². The molecule has 1 atom stereocenters. The molecule has 3 nitrogen and oxygen atoms in total. The van der Waals surface area contributed by atoms with Gasteiger partial charge in [0.15, 0.2) is 0 Å². The minimum absolute atomic E-state index is 0.198. The lowest BCUT2D eigenvalue weighted by molar-refractivity contribution is 0.0733. The van der Waals surface area contributed by atoms with E-state index in [2.05, 4.69) is 32.8 Å². The lowest BCUT2D eigenvalue weighted by Gasteiger charge is -2.26. The molecule has 1 heterocycles. The Bertz CT molecular complexity index is 481. The van der Waals surface area contributed by atoms with Crippen molar-refractivity contribution in [2.24, 2.45) is 5.92 Å². The Morgan fingerprint density at radius 1 is 1.30 bits per heavy atom. The molecular formula is C16H21IN2O. The zero-order chi connectivity index (χ0) is 13.9. The van der Waals surface area contributed by atoms with E-state index in [0.717, 1.165) is 34.7 Å². The molecule has 1 aliphatic carbocycles. The Morgan fingerprint density at radius 2 is 2.15 bits per heavy atom. The summed E-state index contributed by atoms with van der Waals surface area (Å²) in [6.45, 7) is 2.89. The lowest BCUT2D eigenvalue weighted by atomic mass is 10.1. The van der Waals surface area contributed by atoms with Crippen LogP contribution in [0.15, 0.2) is 24.3 Å². The van der Waals surface area contributed by atoms with Gasteiger partial charge in [-0.2, -0.15) is 0 Å². The number of carbonyl (C=O) groups is 1. The number of carbonyl (C=O) groups excluding carboxylic acids is 1. The SMILES string of the molecule is O=C(c1cccc(I)c1)N(CC1CC1)CC1CCCN1. The fraction of sp³-hybridized carbons (Fsp3) is 0.562. The first-order chi connectivity index (χ1) is 9.72. The van der Waals surface area contributed by atoms with E-state index in [4.69, 9.17) is 0 Å². The predicted molar refractivity (Wildman–Crippen MR) is 88.8 cm³/mol. The maximum atomic E-state index is 12.7. The zero-order valence-electron chi connectivity index (χ0n) is 11.6. The number of hydrogen-bond donors (Lipinski definition) is 1. The quantitative estimate of drug-likeness (QED) is 0.792. The molecule has 0 aromatic heterocycles. The van der Waals surface area contributed by atoms with E-state index in [1.54, 1.807) is 0 Å². The Hall–Kier alpha value is -0.620. The van der Waals surface area contributed by atoms with Crippen LogP contribution in [-0.2, 0) is 0 Å². The van der Waals surface area contributed by atoms with Crippen LogP contribution < -0.4 is 5.32 Å². The summed E-state index contributed by atoms with van der Waals surface area (Å²) in [5, 5.41) is 3.50. The van der Waals surface area contributed by atoms with Crippen molar-refractivity contribution in [3.05, 3.63) is 33.4 Å². The van der Waals surface area contributed by atoms with Crippen molar-refractivity contribution in [2.45, 2.75) is 31.7 Å². The van der Waals surface area contributed by atoms with Crippen LogP contribution in [0, 0.1) is 9.49 Å². The highest BCUT2D eigenvalue weighted by atomic mass is 127. The Labute approximate surface area is 134 Å². The van der Waals surface area contributed by atoms with Gasteiger partial charge in [-0.15, -0.1) is 0 Å². The first-order valence-corrected chi connectivity index (χ1v) is 8.58. The predicted octanol–water partition coefficient (Wildman–Crippen LogP) is 2.90. The molecule has 1 aromatic rings. The monoisotopic (exact) mass is 384 g/mol. The minimum atomic E-state index is 0.198. The second-order valence-electron chi connectivity index (χ2n) is 5.96. The first kappa shape index (κ1) is 14.3. The number of amides is 1. The standard InChI is InChI=1S/C16H21IN2O/c17-14-4-1-3-13(9-14)16(20)19(10-12-6-7-12)11-15-5-2-8-18-15/h1,3-4,9,12,15,18H,2,5-8,10-11H2. The van der Waals surface area contributed by atoms with E-state index in [9.17, 15) is 4.79 Å². The van der Waals surface area contributed by atoms with E-state index < -0.39 is 0 Å². The highest BCUT2D eigenvalue weighted by molar-refractivity contribution is 14.1. The van der Waals surface area contributed by atoms with Gasteiger partial charge < -0.3 is 10.2 Å². The normalized spacial score (nSPS) is 21.9. The molecule has 1 saturated heterocycles. The zero-order valence-corrected chi connectivity index (χ0v) is 13.8. The van der Waals surface area contributed by atoms with Crippen LogP contribution in [0.25, 0.3) is 0 Å². The average Bonchev–Trinajstić information content (AvgIpc) is 3.11. The molecule has 20 heavy (non-hydrogen) atoms. The number of rotatable bonds is 5. The molecule has 1 aliphatic heterocycles. The molecule has 0 bridgehead atoms. The molecular weight excluding hydrogens is 363 g/mol. The fourth-order valence-electron chi connectivity index (χ4n) is 2.84. The van der Waals surface area contributed by atoms with E-state index in [1.807, 2.05) is 24.3 Å². The molecule has 4 heteroatoms. The molecule has 108 valence electrons. The van der Waals surface area contributed by atoms with Crippen molar-refractivity contribution < 1.29 is 4.79 Å². The molecule has 2 fully saturated rings. The van der Waals surface area contributed by atoms with Gasteiger partial charge in [0.05, 0.1) is 0 Å². The number of hydrogen-bond acceptors (Lipinski definition) is 2. The van der Waals surface area contributed by atoms with Gasteiger partial charge in [-0.3, -0.25) is 4.79 Å². The van der Waals surface area contributed by atoms with Crippen LogP contribution in [0.2, 0.25) is 0 Å². The Balaban J connectivity index is 1.71. The largest absolute Gasteiger partial charge is 0.337 e. The van der Waals surface area contributed by atoms with E-state index in [0.29, 0.717) is 6.04 Å². The van der Waals surface area contributed by atoms with Crippen LogP contribution in [-0.4, -0.2) is 36.5 Å². The summed E-state index contributed by atoms with van der Waals surface area (Å²) in [6, 6.07) is 8.41. The van der Waals surface area contributed by atoms with Gasteiger partial charge in [0, 0.05) is 28.3 Å². The highest BCUT2D eigenvalue weighted by Crippen LogP contribution is 2.30. The Kier molecular flexibility index (Phi) is 4.61. The van der Waals surface area contributed by atoms with E-state index >= 15 is 0 Å². The van der Waals surface area contributed by atoms with E-state index in [1.165, 1.54) is 25.7 Å². The van der Waals surface area contributed by atoms with Crippen LogP contribution in [0.4, 0.5) is 0 Å². The van der Waals surface area contributed by atoms with E-state index in [-0.39, 0.29) is 5.91 Å². The third-order valence-corrected chi connectivity index (χ3v) is 4.81. The fourth-order valence-corrected chi connectivity index (χ4v) is 3.38. The summed E-state index contributed by atoms with van der Waals surface area (Å²) in [5.41, 5.74) is 0.829. The van der Waals surface area contributed by atoms with Crippen LogP contribution in [0.1, 0.15) is 36.0 Å². The van der Waals surface area contributed by atoms with Crippen molar-refractivity contribution in [1.29, 1.82) is 0 Å². The smallest absolute Gasteiger partial charge is 0.253 e. The summed E-state index contributed by atoms with van der Waals surface area (Å²) in [6.07, 6.45) is 5.00. The molecule has 1 aromatic carbocycles. The van der Waals surface area contributed by atoms with Crippen molar-refractivity contribution in [3.8, 4) is 0 Å². The number of nitrogens with one attached hydrogen (secondary N) is 1. The number of halogens is 1. The molecule has 1 amide bonds. The van der Waals surface area contributed by atoms with Gasteiger partial charge in [-0.25, -0.2) is 0 Å². The van der Waals surface area contributed by atoms with Crippen LogP contribution >= 0.6 is 22.6 Å². The summed E-state index contributed by atoms with van der Waals surface area (Å²) in [5.74, 6) is 0.937. The summed E-state index contributed by atoms with van der Waals surface area (Å²) < 4.78 is 1.12. The van der Waals surface area contributed by atoms with Gasteiger partial charge in [0.25, 0.3) is 5.91 Å². The minimum Gasteiger partial charge on any atom is -0.337 e. The molecule has 1 saturated carbocycles. The summed E-state index contributed by atoms with van der Waals surface area (Å²) in [7, 11) is 0. The first-order valence-electron chi connectivity index (χ1n) is 7.50. The molecule has 2 aliphatic rings. The maximum Gasteiger partial charge on any atom is 0.253 e. The highest BCUT2D eigenvalue weighted by Gasteiger charge is 2.29. The summed E-state index contributed by atoms with van der Waals surface area (Å²) in [4.78, 5) is 14.8. The molecule has 1 N–H and O–H groups in total. The molecule has 1 unspecified atom stereocenters. The third kappa shape index (κ3) is 3.73. The van der Waals surface area contributed by atoms with Gasteiger partial charge in [0.1, 0.15) is 0 Å². The number of nitrogens with zero attached hydrogens (tertiary/aromatic N) is 1. The van der Waals surface area contributed by atoms with Crippen molar-refractivity contribution in [3.63, 3.8) is 0 Å². The molecule has 0 radical (unpaired) electrons. The average molecular weight is 384 g/mol. The van der Waals surface area contributed by atoms with Gasteiger partial charge in [0.2, 0.25) is 0 Å². The van der Waals surface area contributed by atoms with Crippen LogP contribution in [0.5, 0.6) is 0 Å². The molecule has 3 rings (SSSR count). The van der Waals surface area contributed by atoms with Gasteiger partial charge in [-0.05, 0) is 78.9 Å². The topological polar surface area (TPSA) is 32.3 Å². The lowest BCUT2D eigenvalue weighted by Crippen LogP contribution is -2.42. The second-order valence-corrected chi connectivity index (χ2v) is 7.20. The van der Waals surface area contributed by atoms with Gasteiger partial charge >= 0.3 is 0 Å². The molecule has 0 spiro atoms.